The van der Waals surface area contributed by atoms with Crippen molar-refractivity contribution in [3.8, 4) is 22.8 Å². The molecular formula is C25H20N4O3. The molecular weight excluding hydrogens is 404 g/mol. The highest BCUT2D eigenvalue weighted by Crippen LogP contribution is 2.35. The van der Waals surface area contributed by atoms with E-state index in [1.165, 1.54) is 0 Å². The average molecular weight is 424 g/mol. The van der Waals surface area contributed by atoms with Crippen LogP contribution in [-0.4, -0.2) is 22.0 Å². The van der Waals surface area contributed by atoms with Gasteiger partial charge >= 0.3 is 0 Å². The first kappa shape index (κ1) is 19.6. The number of carbonyl (C=O) groups excluding carboxylic acids is 2. The maximum atomic E-state index is 12.4. The molecule has 5 rings (SSSR count). The minimum absolute atomic E-state index is 0.328. The maximum Gasteiger partial charge on any atom is 0.254 e. The van der Waals surface area contributed by atoms with Crippen LogP contribution in [0.1, 0.15) is 26.3 Å². The number of para-hydroxylation sites is 1. The first-order valence-electron chi connectivity index (χ1n) is 10.2. The Labute approximate surface area is 184 Å². The number of hydrogen-bond acceptors (Lipinski definition) is 5. The predicted molar refractivity (Wildman–Crippen MR) is 122 cm³/mol. The van der Waals surface area contributed by atoms with Gasteiger partial charge in [0.15, 0.2) is 0 Å². The van der Waals surface area contributed by atoms with E-state index in [1.807, 2.05) is 66.7 Å². The standard InChI is InChI=1S/C25H20N4O3/c26-24(31)22-23(17-7-9-20(10-8-17)32-19-4-2-1-3-5-19)28-29-13-12-18-14-16(15-30)6-11-21(18)27-25(22)29/h1-11,14-15,27H,12-13H2,(H2,26,31). The molecule has 7 nitrogen and oxygen atoms in total. The number of primary amides is 1. The molecule has 0 radical (unpaired) electrons. The van der Waals surface area contributed by atoms with Gasteiger partial charge in [-0.05, 0) is 66.6 Å². The number of aromatic nitrogens is 2. The molecule has 2 heterocycles. The minimum atomic E-state index is -0.564. The molecule has 0 atom stereocenters. The molecule has 0 fully saturated rings. The van der Waals surface area contributed by atoms with E-state index in [1.54, 1.807) is 10.7 Å². The Morgan fingerprint density at radius 2 is 1.78 bits per heavy atom. The van der Waals surface area contributed by atoms with Gasteiger partial charge < -0.3 is 15.8 Å². The molecule has 3 N–H and O–H groups in total. The fourth-order valence-electron chi connectivity index (χ4n) is 3.86. The number of aryl methyl sites for hydroxylation is 2. The summed E-state index contributed by atoms with van der Waals surface area (Å²) in [5.41, 5.74) is 9.79. The smallest absolute Gasteiger partial charge is 0.254 e. The summed E-state index contributed by atoms with van der Waals surface area (Å²) < 4.78 is 7.60. The van der Waals surface area contributed by atoms with Crippen molar-refractivity contribution in [1.29, 1.82) is 0 Å². The fraction of sp³-hybridized carbons (Fsp3) is 0.0800. The predicted octanol–water partition coefficient (Wildman–Crippen LogP) is 4.55. The largest absolute Gasteiger partial charge is 0.457 e. The van der Waals surface area contributed by atoms with Crippen LogP contribution < -0.4 is 15.8 Å². The van der Waals surface area contributed by atoms with Crippen LogP contribution in [0.5, 0.6) is 11.5 Å². The molecule has 0 bridgehead atoms. The van der Waals surface area contributed by atoms with Gasteiger partial charge in [0.1, 0.15) is 34.9 Å². The number of nitrogens with zero attached hydrogens (tertiary/aromatic N) is 2. The van der Waals surface area contributed by atoms with Gasteiger partial charge in [0.2, 0.25) is 0 Å². The highest BCUT2D eigenvalue weighted by molar-refractivity contribution is 6.04. The van der Waals surface area contributed by atoms with Gasteiger partial charge in [0.25, 0.3) is 5.91 Å². The molecule has 4 aromatic rings. The second kappa shape index (κ2) is 8.03. The molecule has 1 aliphatic rings. The number of aldehydes is 1. The lowest BCUT2D eigenvalue weighted by atomic mass is 10.1. The Kier molecular flexibility index (Phi) is 4.91. The van der Waals surface area contributed by atoms with Crippen molar-refractivity contribution >= 4 is 23.7 Å². The first-order valence-corrected chi connectivity index (χ1v) is 10.2. The number of anilines is 2. The molecule has 0 spiro atoms. The van der Waals surface area contributed by atoms with Gasteiger partial charge in [-0.3, -0.25) is 9.59 Å². The fourth-order valence-corrected chi connectivity index (χ4v) is 3.86. The third-order valence-corrected chi connectivity index (χ3v) is 5.42. The summed E-state index contributed by atoms with van der Waals surface area (Å²) >= 11 is 0. The number of rotatable bonds is 5. The minimum Gasteiger partial charge on any atom is -0.457 e. The van der Waals surface area contributed by atoms with Crippen molar-refractivity contribution in [2.24, 2.45) is 5.73 Å². The molecule has 0 aliphatic carbocycles. The van der Waals surface area contributed by atoms with Crippen LogP contribution in [0, 0.1) is 0 Å². The van der Waals surface area contributed by atoms with E-state index in [0.29, 0.717) is 41.4 Å². The number of ether oxygens (including phenoxy) is 1. The summed E-state index contributed by atoms with van der Waals surface area (Å²) in [7, 11) is 0. The SMILES string of the molecule is NC(=O)c1c(-c2ccc(Oc3ccccc3)cc2)nn2c1Nc1ccc(C=O)cc1CC2. The van der Waals surface area contributed by atoms with Crippen LogP contribution in [0.4, 0.5) is 11.5 Å². The topological polar surface area (TPSA) is 99.2 Å². The Bertz CT molecular complexity index is 1310. The van der Waals surface area contributed by atoms with Crippen molar-refractivity contribution < 1.29 is 14.3 Å². The van der Waals surface area contributed by atoms with Gasteiger partial charge in [-0.25, -0.2) is 4.68 Å². The lowest BCUT2D eigenvalue weighted by Gasteiger charge is -2.10. The second-order valence-corrected chi connectivity index (χ2v) is 7.51. The zero-order valence-corrected chi connectivity index (χ0v) is 17.1. The molecule has 7 heteroatoms. The van der Waals surface area contributed by atoms with E-state index >= 15 is 0 Å². The monoisotopic (exact) mass is 424 g/mol. The van der Waals surface area contributed by atoms with Crippen LogP contribution in [0.25, 0.3) is 11.3 Å². The number of carbonyl (C=O) groups is 2. The lowest BCUT2D eigenvalue weighted by molar-refractivity contribution is 0.100. The number of hydrogen-bond donors (Lipinski definition) is 2. The number of benzene rings is 3. The Balaban J connectivity index is 1.50. The van der Waals surface area contributed by atoms with Crippen LogP contribution >= 0.6 is 0 Å². The summed E-state index contributed by atoms with van der Waals surface area (Å²) in [5, 5.41) is 7.98. The third-order valence-electron chi connectivity index (χ3n) is 5.42. The van der Waals surface area contributed by atoms with Crippen molar-refractivity contribution in [2.75, 3.05) is 5.32 Å². The highest BCUT2D eigenvalue weighted by Gasteiger charge is 2.26. The summed E-state index contributed by atoms with van der Waals surface area (Å²) in [6, 6.07) is 22.3. The molecule has 1 aliphatic heterocycles. The van der Waals surface area contributed by atoms with Gasteiger partial charge in [0.05, 0.1) is 0 Å². The summed E-state index contributed by atoms with van der Waals surface area (Å²) in [5.74, 6) is 1.41. The molecule has 1 amide bonds. The second-order valence-electron chi connectivity index (χ2n) is 7.51. The first-order chi connectivity index (χ1) is 15.6. The van der Waals surface area contributed by atoms with E-state index in [4.69, 9.17) is 10.5 Å². The van der Waals surface area contributed by atoms with Gasteiger partial charge in [0, 0.05) is 23.4 Å². The van der Waals surface area contributed by atoms with Gasteiger partial charge in [-0.1, -0.05) is 18.2 Å². The van der Waals surface area contributed by atoms with E-state index in [2.05, 4.69) is 10.4 Å². The van der Waals surface area contributed by atoms with Crippen LogP contribution in [0.2, 0.25) is 0 Å². The molecule has 1 aromatic heterocycles. The lowest BCUT2D eigenvalue weighted by Crippen LogP contribution is -2.14. The maximum absolute atomic E-state index is 12.4. The number of amides is 1. The summed E-state index contributed by atoms with van der Waals surface area (Å²) in [6.07, 6.45) is 1.49. The summed E-state index contributed by atoms with van der Waals surface area (Å²) in [4.78, 5) is 23.5. The molecule has 32 heavy (non-hydrogen) atoms. The Hall–Kier alpha value is -4.39. The van der Waals surface area contributed by atoms with Crippen LogP contribution in [0.3, 0.4) is 0 Å². The molecule has 0 saturated carbocycles. The van der Waals surface area contributed by atoms with Crippen LogP contribution in [0.15, 0.2) is 72.8 Å². The van der Waals surface area contributed by atoms with E-state index < -0.39 is 5.91 Å². The zero-order valence-electron chi connectivity index (χ0n) is 17.1. The highest BCUT2D eigenvalue weighted by atomic mass is 16.5. The Morgan fingerprint density at radius 3 is 2.50 bits per heavy atom. The van der Waals surface area contributed by atoms with Crippen molar-refractivity contribution in [1.82, 2.24) is 9.78 Å². The van der Waals surface area contributed by atoms with Gasteiger partial charge in [-0.15, -0.1) is 0 Å². The number of nitrogens with two attached hydrogens (primary N) is 1. The number of fused-ring (bicyclic) bond motifs is 2. The molecule has 0 saturated heterocycles. The molecule has 158 valence electrons. The van der Waals surface area contributed by atoms with Crippen molar-refractivity contribution in [3.05, 3.63) is 89.5 Å². The number of nitrogens with one attached hydrogen (secondary N) is 1. The Morgan fingerprint density at radius 1 is 1.03 bits per heavy atom. The average Bonchev–Trinajstić information content (AvgIpc) is 3.08. The third kappa shape index (κ3) is 3.60. The van der Waals surface area contributed by atoms with E-state index in [-0.39, 0.29) is 0 Å². The van der Waals surface area contributed by atoms with Gasteiger partial charge in [-0.2, -0.15) is 5.10 Å². The summed E-state index contributed by atoms with van der Waals surface area (Å²) in [6.45, 7) is 0.549. The van der Waals surface area contributed by atoms with Crippen LogP contribution in [-0.2, 0) is 13.0 Å². The van der Waals surface area contributed by atoms with Crippen molar-refractivity contribution in [2.45, 2.75) is 13.0 Å². The van der Waals surface area contributed by atoms with E-state index in [9.17, 15) is 9.59 Å². The quantitative estimate of drug-likeness (QED) is 0.458. The molecule has 0 unspecified atom stereocenters. The normalized spacial score (nSPS) is 12.1. The van der Waals surface area contributed by atoms with E-state index in [0.717, 1.165) is 28.8 Å². The zero-order chi connectivity index (χ0) is 22.1. The van der Waals surface area contributed by atoms with Crippen molar-refractivity contribution in [3.63, 3.8) is 0 Å². The molecule has 3 aromatic carbocycles.